The molecule has 0 unspecified atom stereocenters. The fourth-order valence-electron chi connectivity index (χ4n) is 1.86. The molecule has 1 amide bonds. The van der Waals surface area contributed by atoms with Gasteiger partial charge in [0.05, 0.1) is 5.56 Å². The molecule has 5 nitrogen and oxygen atoms in total. The van der Waals surface area contributed by atoms with E-state index >= 15 is 0 Å². The molecular weight excluding hydrogens is 242 g/mol. The summed E-state index contributed by atoms with van der Waals surface area (Å²) >= 11 is 0. The summed E-state index contributed by atoms with van der Waals surface area (Å²) in [5.74, 6) is -1.07. The molecule has 0 saturated carbocycles. The largest absolute Gasteiger partial charge is 0.360 e. The Morgan fingerprint density at radius 2 is 2.00 bits per heavy atom. The van der Waals surface area contributed by atoms with E-state index in [1.165, 1.54) is 0 Å². The highest BCUT2D eigenvalue weighted by Gasteiger charge is 2.19. The Morgan fingerprint density at radius 1 is 1.26 bits per heavy atom. The van der Waals surface area contributed by atoms with E-state index in [0.717, 1.165) is 10.9 Å². The van der Waals surface area contributed by atoms with Gasteiger partial charge in [-0.05, 0) is 20.2 Å². The number of nitrogens with one attached hydrogen (secondary N) is 2. The highest BCUT2D eigenvalue weighted by molar-refractivity contribution is 6.44. The third-order valence-corrected chi connectivity index (χ3v) is 2.88. The standard InChI is InChI=1S/C14H17N3O2/c1-17(2)8-7-15-14(19)13(18)11-9-16-12-6-4-3-5-10(11)12/h3-6,9,16H,7-8H2,1-2H3,(H,15,19). The number of hydrogen-bond donors (Lipinski definition) is 2. The molecule has 1 heterocycles. The van der Waals surface area contributed by atoms with Crippen molar-refractivity contribution in [2.75, 3.05) is 27.2 Å². The van der Waals surface area contributed by atoms with Crippen LogP contribution in [0.2, 0.25) is 0 Å². The van der Waals surface area contributed by atoms with Gasteiger partial charge in [0.15, 0.2) is 0 Å². The number of ketones is 1. The Bertz CT molecular complexity index is 602. The first-order valence-corrected chi connectivity index (χ1v) is 6.13. The SMILES string of the molecule is CN(C)CCNC(=O)C(=O)c1c[nH]c2ccccc12. The fraction of sp³-hybridized carbons (Fsp3) is 0.286. The van der Waals surface area contributed by atoms with Crippen LogP contribution in [0.4, 0.5) is 0 Å². The van der Waals surface area contributed by atoms with Crippen molar-refractivity contribution in [2.45, 2.75) is 0 Å². The Kier molecular flexibility index (Phi) is 3.97. The molecule has 2 aromatic rings. The topological polar surface area (TPSA) is 65.2 Å². The molecule has 2 rings (SSSR count). The third-order valence-electron chi connectivity index (χ3n) is 2.88. The van der Waals surface area contributed by atoms with Crippen LogP contribution in [0.5, 0.6) is 0 Å². The minimum Gasteiger partial charge on any atom is -0.360 e. The van der Waals surface area contributed by atoms with Gasteiger partial charge in [0.2, 0.25) is 0 Å². The number of aromatic amines is 1. The summed E-state index contributed by atoms with van der Waals surface area (Å²) in [6.45, 7) is 1.16. The van der Waals surface area contributed by atoms with Gasteiger partial charge in [-0.25, -0.2) is 0 Å². The van der Waals surface area contributed by atoms with E-state index in [2.05, 4.69) is 10.3 Å². The van der Waals surface area contributed by atoms with E-state index in [0.29, 0.717) is 18.7 Å². The van der Waals surface area contributed by atoms with Crippen LogP contribution in [0.15, 0.2) is 30.5 Å². The van der Waals surface area contributed by atoms with Crippen LogP contribution in [-0.4, -0.2) is 48.8 Å². The Labute approximate surface area is 111 Å². The first kappa shape index (κ1) is 13.3. The lowest BCUT2D eigenvalue weighted by Crippen LogP contribution is -2.35. The molecule has 0 bridgehead atoms. The second-order valence-corrected chi connectivity index (χ2v) is 4.64. The number of amides is 1. The first-order valence-electron chi connectivity index (χ1n) is 6.13. The van der Waals surface area contributed by atoms with Crippen LogP contribution in [0, 0.1) is 0 Å². The maximum atomic E-state index is 12.0. The zero-order valence-corrected chi connectivity index (χ0v) is 11.1. The number of aromatic nitrogens is 1. The van der Waals surface area contributed by atoms with Gasteiger partial charge >= 0.3 is 0 Å². The van der Waals surface area contributed by atoms with Crippen LogP contribution >= 0.6 is 0 Å². The Balaban J connectivity index is 2.09. The lowest BCUT2D eigenvalue weighted by Gasteiger charge is -2.09. The number of carbonyl (C=O) groups is 2. The second kappa shape index (κ2) is 5.67. The number of para-hydroxylation sites is 1. The van der Waals surface area contributed by atoms with E-state index in [1.54, 1.807) is 6.20 Å². The number of benzene rings is 1. The smallest absolute Gasteiger partial charge is 0.292 e. The molecule has 0 saturated heterocycles. The second-order valence-electron chi connectivity index (χ2n) is 4.64. The highest BCUT2D eigenvalue weighted by Crippen LogP contribution is 2.17. The Morgan fingerprint density at radius 3 is 2.74 bits per heavy atom. The van der Waals surface area contributed by atoms with Gasteiger partial charge in [0.1, 0.15) is 0 Å². The van der Waals surface area contributed by atoms with Crippen molar-refractivity contribution in [3.8, 4) is 0 Å². The van der Waals surface area contributed by atoms with Crippen LogP contribution < -0.4 is 5.32 Å². The van der Waals surface area contributed by atoms with Crippen molar-refractivity contribution in [1.29, 1.82) is 0 Å². The third kappa shape index (κ3) is 3.00. The van der Waals surface area contributed by atoms with E-state index in [-0.39, 0.29) is 0 Å². The van der Waals surface area contributed by atoms with Gasteiger partial charge < -0.3 is 15.2 Å². The molecule has 2 N–H and O–H groups in total. The molecule has 0 aliphatic carbocycles. The average molecular weight is 259 g/mol. The molecule has 5 heteroatoms. The monoisotopic (exact) mass is 259 g/mol. The molecule has 100 valence electrons. The van der Waals surface area contributed by atoms with Crippen molar-refractivity contribution in [3.63, 3.8) is 0 Å². The van der Waals surface area contributed by atoms with Crippen molar-refractivity contribution in [2.24, 2.45) is 0 Å². The van der Waals surface area contributed by atoms with Crippen molar-refractivity contribution in [3.05, 3.63) is 36.0 Å². The van der Waals surface area contributed by atoms with Crippen LogP contribution in [0.1, 0.15) is 10.4 Å². The van der Waals surface area contributed by atoms with Crippen molar-refractivity contribution >= 4 is 22.6 Å². The number of likely N-dealkylation sites (N-methyl/N-ethyl adjacent to an activating group) is 1. The number of hydrogen-bond acceptors (Lipinski definition) is 3. The van der Waals surface area contributed by atoms with E-state index in [4.69, 9.17) is 0 Å². The zero-order valence-electron chi connectivity index (χ0n) is 11.1. The zero-order chi connectivity index (χ0) is 13.8. The van der Waals surface area contributed by atoms with Gasteiger partial charge in [-0.3, -0.25) is 9.59 Å². The molecule has 0 fully saturated rings. The molecule has 0 spiro atoms. The number of carbonyl (C=O) groups excluding carboxylic acids is 2. The molecular formula is C14H17N3O2. The van der Waals surface area contributed by atoms with Gasteiger partial charge in [-0.1, -0.05) is 18.2 Å². The fourth-order valence-corrected chi connectivity index (χ4v) is 1.86. The number of nitrogens with zero attached hydrogens (tertiary/aromatic N) is 1. The summed E-state index contributed by atoms with van der Waals surface area (Å²) in [5.41, 5.74) is 1.27. The summed E-state index contributed by atoms with van der Waals surface area (Å²) in [7, 11) is 3.82. The molecule has 1 aromatic heterocycles. The summed E-state index contributed by atoms with van der Waals surface area (Å²) < 4.78 is 0. The van der Waals surface area contributed by atoms with Crippen molar-refractivity contribution in [1.82, 2.24) is 15.2 Å². The number of Topliss-reactive ketones (excluding diaryl/α,β-unsaturated/α-hetero) is 1. The Hall–Kier alpha value is -2.14. The van der Waals surface area contributed by atoms with E-state index < -0.39 is 11.7 Å². The van der Waals surface area contributed by atoms with Gasteiger partial charge in [-0.15, -0.1) is 0 Å². The minimum atomic E-state index is -0.563. The summed E-state index contributed by atoms with van der Waals surface area (Å²) in [6, 6.07) is 7.42. The van der Waals surface area contributed by atoms with Gasteiger partial charge in [0.25, 0.3) is 11.7 Å². The average Bonchev–Trinajstić information content (AvgIpc) is 2.81. The molecule has 19 heavy (non-hydrogen) atoms. The summed E-state index contributed by atoms with van der Waals surface area (Å²) in [6.07, 6.45) is 1.58. The molecule has 1 aromatic carbocycles. The maximum absolute atomic E-state index is 12.0. The quantitative estimate of drug-likeness (QED) is 0.622. The van der Waals surface area contributed by atoms with Crippen LogP contribution in [0.3, 0.4) is 0 Å². The van der Waals surface area contributed by atoms with Crippen LogP contribution in [-0.2, 0) is 4.79 Å². The number of H-pyrrole nitrogens is 1. The van der Waals surface area contributed by atoms with Gasteiger partial charge in [-0.2, -0.15) is 0 Å². The molecule has 0 aliphatic rings. The molecule has 0 radical (unpaired) electrons. The number of fused-ring (bicyclic) bond motifs is 1. The normalized spacial score (nSPS) is 10.9. The lowest BCUT2D eigenvalue weighted by molar-refractivity contribution is -0.117. The minimum absolute atomic E-state index is 0.415. The predicted molar refractivity (Wildman–Crippen MR) is 74.2 cm³/mol. The lowest BCUT2D eigenvalue weighted by atomic mass is 10.1. The highest BCUT2D eigenvalue weighted by atomic mass is 16.2. The molecule has 0 atom stereocenters. The maximum Gasteiger partial charge on any atom is 0.292 e. The molecule has 0 aliphatic heterocycles. The predicted octanol–water partition coefficient (Wildman–Crippen LogP) is 1.03. The summed E-state index contributed by atoms with van der Waals surface area (Å²) in [4.78, 5) is 28.8. The van der Waals surface area contributed by atoms with Crippen LogP contribution in [0.25, 0.3) is 10.9 Å². The van der Waals surface area contributed by atoms with E-state index in [1.807, 2.05) is 43.3 Å². The number of rotatable bonds is 5. The first-order chi connectivity index (χ1) is 9.09. The summed E-state index contributed by atoms with van der Waals surface area (Å²) in [5, 5.41) is 3.40. The van der Waals surface area contributed by atoms with Crippen molar-refractivity contribution < 1.29 is 9.59 Å². The van der Waals surface area contributed by atoms with E-state index in [9.17, 15) is 9.59 Å². The van der Waals surface area contributed by atoms with Gasteiger partial charge in [0, 0.05) is 30.2 Å².